The highest BCUT2D eigenvalue weighted by Crippen LogP contribution is 2.11. The van der Waals surface area contributed by atoms with E-state index in [2.05, 4.69) is 39.3 Å². The van der Waals surface area contributed by atoms with Crippen molar-refractivity contribution in [2.75, 3.05) is 6.54 Å². The standard InChI is InChI=1S/C12H17N5O/c1-3-9(13-4-2)8-10-16-12(17-18-10)11-14-6-5-7-15-11/h5-7,9,13H,3-4,8H2,1-2H3. The third-order valence-corrected chi connectivity index (χ3v) is 2.64. The van der Waals surface area contributed by atoms with E-state index >= 15 is 0 Å². The fourth-order valence-corrected chi connectivity index (χ4v) is 1.70. The molecule has 0 fully saturated rings. The molecule has 0 bridgehead atoms. The minimum atomic E-state index is 0.361. The molecule has 0 spiro atoms. The molecule has 0 amide bonds. The van der Waals surface area contributed by atoms with Crippen molar-refractivity contribution in [1.82, 2.24) is 25.4 Å². The number of likely N-dealkylation sites (N-methyl/N-ethyl adjacent to an activating group) is 1. The summed E-state index contributed by atoms with van der Waals surface area (Å²) in [4.78, 5) is 12.5. The van der Waals surface area contributed by atoms with Gasteiger partial charge in [0.15, 0.2) is 0 Å². The largest absolute Gasteiger partial charge is 0.339 e. The average Bonchev–Trinajstić information content (AvgIpc) is 2.88. The first kappa shape index (κ1) is 12.6. The van der Waals surface area contributed by atoms with Gasteiger partial charge < -0.3 is 9.84 Å². The Bertz CT molecular complexity index is 470. The zero-order chi connectivity index (χ0) is 12.8. The summed E-state index contributed by atoms with van der Waals surface area (Å²) in [5.74, 6) is 1.55. The Morgan fingerprint density at radius 3 is 2.67 bits per heavy atom. The van der Waals surface area contributed by atoms with Crippen molar-refractivity contribution >= 4 is 0 Å². The molecule has 0 radical (unpaired) electrons. The second kappa shape index (κ2) is 6.20. The maximum atomic E-state index is 5.22. The fraction of sp³-hybridized carbons (Fsp3) is 0.500. The van der Waals surface area contributed by atoms with E-state index in [0.29, 0.717) is 23.6 Å². The SMILES string of the molecule is CCNC(CC)Cc1nc(-c2ncccn2)no1. The zero-order valence-electron chi connectivity index (χ0n) is 10.6. The Hall–Kier alpha value is -1.82. The van der Waals surface area contributed by atoms with Gasteiger partial charge in [-0.25, -0.2) is 9.97 Å². The van der Waals surface area contributed by atoms with E-state index in [1.165, 1.54) is 0 Å². The molecule has 0 aliphatic rings. The predicted molar refractivity (Wildman–Crippen MR) is 66.8 cm³/mol. The van der Waals surface area contributed by atoms with Crippen LogP contribution < -0.4 is 5.32 Å². The molecule has 0 aliphatic carbocycles. The van der Waals surface area contributed by atoms with Crippen LogP contribution in [0.15, 0.2) is 23.0 Å². The Balaban J connectivity index is 2.06. The highest BCUT2D eigenvalue weighted by atomic mass is 16.5. The van der Waals surface area contributed by atoms with E-state index in [4.69, 9.17) is 4.52 Å². The number of aromatic nitrogens is 4. The summed E-state index contributed by atoms with van der Waals surface area (Å²) in [6.45, 7) is 5.14. The molecule has 0 aromatic carbocycles. The van der Waals surface area contributed by atoms with Gasteiger partial charge in [-0.1, -0.05) is 19.0 Å². The van der Waals surface area contributed by atoms with E-state index in [9.17, 15) is 0 Å². The van der Waals surface area contributed by atoms with Gasteiger partial charge in [0, 0.05) is 24.9 Å². The first-order chi connectivity index (χ1) is 8.83. The molecule has 18 heavy (non-hydrogen) atoms. The van der Waals surface area contributed by atoms with Gasteiger partial charge in [-0.05, 0) is 19.0 Å². The lowest BCUT2D eigenvalue weighted by Gasteiger charge is -2.12. The topological polar surface area (TPSA) is 76.7 Å². The molecule has 2 rings (SSSR count). The predicted octanol–water partition coefficient (Wildman–Crippen LogP) is 1.46. The van der Waals surface area contributed by atoms with Crippen molar-refractivity contribution in [2.24, 2.45) is 0 Å². The fourth-order valence-electron chi connectivity index (χ4n) is 1.70. The maximum absolute atomic E-state index is 5.22. The molecular formula is C12H17N5O. The second-order valence-electron chi connectivity index (χ2n) is 3.95. The van der Waals surface area contributed by atoms with Gasteiger partial charge in [-0.3, -0.25) is 0 Å². The molecule has 1 atom stereocenters. The number of rotatable bonds is 6. The lowest BCUT2D eigenvalue weighted by Crippen LogP contribution is -2.30. The summed E-state index contributed by atoms with van der Waals surface area (Å²) in [6, 6.07) is 2.11. The molecule has 2 aromatic heterocycles. The average molecular weight is 247 g/mol. The molecule has 0 aliphatic heterocycles. The summed E-state index contributed by atoms with van der Waals surface area (Å²) in [5.41, 5.74) is 0. The summed E-state index contributed by atoms with van der Waals surface area (Å²) in [5, 5.41) is 7.27. The van der Waals surface area contributed by atoms with Crippen molar-refractivity contribution in [2.45, 2.75) is 32.7 Å². The van der Waals surface area contributed by atoms with Gasteiger partial charge >= 0.3 is 0 Å². The lowest BCUT2D eigenvalue weighted by molar-refractivity contribution is 0.355. The number of hydrogen-bond acceptors (Lipinski definition) is 6. The van der Waals surface area contributed by atoms with E-state index in [0.717, 1.165) is 19.4 Å². The van der Waals surface area contributed by atoms with E-state index < -0.39 is 0 Å². The zero-order valence-corrected chi connectivity index (χ0v) is 10.6. The maximum Gasteiger partial charge on any atom is 0.240 e. The van der Waals surface area contributed by atoms with Gasteiger partial charge in [0.25, 0.3) is 0 Å². The summed E-state index contributed by atoms with van der Waals surface area (Å²) in [6.07, 6.45) is 5.06. The molecule has 1 N–H and O–H groups in total. The van der Waals surface area contributed by atoms with Crippen LogP contribution in [-0.4, -0.2) is 32.7 Å². The van der Waals surface area contributed by atoms with Gasteiger partial charge in [-0.2, -0.15) is 4.98 Å². The first-order valence-electron chi connectivity index (χ1n) is 6.16. The quantitative estimate of drug-likeness (QED) is 0.832. The molecule has 2 heterocycles. The van der Waals surface area contributed by atoms with Crippen molar-refractivity contribution < 1.29 is 4.52 Å². The van der Waals surface area contributed by atoms with Gasteiger partial charge in [0.1, 0.15) is 0 Å². The van der Waals surface area contributed by atoms with Crippen LogP contribution in [0, 0.1) is 0 Å². The van der Waals surface area contributed by atoms with Gasteiger partial charge in [-0.15, -0.1) is 0 Å². The number of nitrogens with one attached hydrogen (secondary N) is 1. The van der Waals surface area contributed by atoms with Gasteiger partial charge in [0.2, 0.25) is 17.5 Å². The van der Waals surface area contributed by atoms with E-state index in [-0.39, 0.29) is 0 Å². The van der Waals surface area contributed by atoms with Crippen LogP contribution in [0.2, 0.25) is 0 Å². The van der Waals surface area contributed by atoms with Crippen LogP contribution in [-0.2, 0) is 6.42 Å². The molecule has 6 heteroatoms. The van der Waals surface area contributed by atoms with Crippen molar-refractivity contribution in [3.63, 3.8) is 0 Å². The Morgan fingerprint density at radius 1 is 1.22 bits per heavy atom. The van der Waals surface area contributed by atoms with Crippen LogP contribution in [0.25, 0.3) is 11.6 Å². The Labute approximate surface area is 106 Å². The van der Waals surface area contributed by atoms with Crippen LogP contribution in [0.5, 0.6) is 0 Å². The normalized spacial score (nSPS) is 12.6. The highest BCUT2D eigenvalue weighted by Gasteiger charge is 2.14. The summed E-state index contributed by atoms with van der Waals surface area (Å²) < 4.78 is 5.22. The smallest absolute Gasteiger partial charge is 0.240 e. The molecule has 1 unspecified atom stereocenters. The lowest BCUT2D eigenvalue weighted by atomic mass is 10.1. The van der Waals surface area contributed by atoms with Crippen molar-refractivity contribution in [3.05, 3.63) is 24.4 Å². The van der Waals surface area contributed by atoms with Crippen molar-refractivity contribution in [3.8, 4) is 11.6 Å². The molecular weight excluding hydrogens is 230 g/mol. The Morgan fingerprint density at radius 2 is 2.00 bits per heavy atom. The van der Waals surface area contributed by atoms with Crippen LogP contribution in [0.1, 0.15) is 26.2 Å². The summed E-state index contributed by atoms with van der Waals surface area (Å²) in [7, 11) is 0. The molecule has 0 saturated carbocycles. The van der Waals surface area contributed by atoms with Gasteiger partial charge in [0.05, 0.1) is 0 Å². The monoisotopic (exact) mass is 247 g/mol. The molecule has 6 nitrogen and oxygen atoms in total. The minimum absolute atomic E-state index is 0.361. The van der Waals surface area contributed by atoms with Crippen LogP contribution >= 0.6 is 0 Å². The van der Waals surface area contributed by atoms with E-state index in [1.54, 1.807) is 18.5 Å². The number of nitrogens with zero attached hydrogens (tertiary/aromatic N) is 4. The molecule has 2 aromatic rings. The van der Waals surface area contributed by atoms with Crippen LogP contribution in [0.4, 0.5) is 0 Å². The third kappa shape index (κ3) is 3.10. The first-order valence-corrected chi connectivity index (χ1v) is 6.16. The van der Waals surface area contributed by atoms with Crippen molar-refractivity contribution in [1.29, 1.82) is 0 Å². The van der Waals surface area contributed by atoms with Crippen LogP contribution in [0.3, 0.4) is 0 Å². The summed E-state index contributed by atoms with van der Waals surface area (Å²) >= 11 is 0. The Kier molecular flexibility index (Phi) is 4.35. The highest BCUT2D eigenvalue weighted by molar-refractivity contribution is 5.40. The minimum Gasteiger partial charge on any atom is -0.339 e. The third-order valence-electron chi connectivity index (χ3n) is 2.64. The van der Waals surface area contributed by atoms with E-state index in [1.807, 2.05) is 0 Å². The second-order valence-corrected chi connectivity index (χ2v) is 3.95. The number of hydrogen-bond donors (Lipinski definition) is 1. The molecule has 0 saturated heterocycles. The molecule has 96 valence electrons.